The maximum absolute atomic E-state index is 10.8. The molecule has 1 aromatic heterocycles. The molecule has 2 N–H and O–H groups in total. The molecule has 74 valence electrons. The topological polar surface area (TPSA) is 53.1 Å². The van der Waals surface area contributed by atoms with E-state index in [9.17, 15) is 4.79 Å². The average molecular weight is 191 g/mol. The van der Waals surface area contributed by atoms with Crippen LogP contribution in [-0.2, 0) is 6.42 Å². The van der Waals surface area contributed by atoms with E-state index >= 15 is 0 Å². The molecule has 1 aliphatic carbocycles. The molecule has 0 amide bonds. The molecule has 1 heterocycles. The van der Waals surface area contributed by atoms with Crippen LogP contribution in [0.15, 0.2) is 12.3 Å². The van der Waals surface area contributed by atoms with Crippen LogP contribution in [0.1, 0.15) is 35.5 Å². The van der Waals surface area contributed by atoms with Gasteiger partial charge in [0.1, 0.15) is 0 Å². The van der Waals surface area contributed by atoms with E-state index in [2.05, 4.69) is 24.9 Å². The molecule has 0 unspecified atom stereocenters. The number of carboxylic acids is 1. The fourth-order valence-corrected chi connectivity index (χ4v) is 1.81. The summed E-state index contributed by atoms with van der Waals surface area (Å²) in [6, 6.07) is 0. The number of hydrogen-bond acceptors (Lipinski definition) is 1. The Labute approximate surface area is 82.5 Å². The highest BCUT2D eigenvalue weighted by molar-refractivity contribution is 5.93. The molecule has 3 heteroatoms. The lowest BCUT2D eigenvalue weighted by Gasteiger charge is -2.23. The van der Waals surface area contributed by atoms with Gasteiger partial charge in [-0.15, -0.1) is 0 Å². The fraction of sp³-hybridized carbons (Fsp3) is 0.364. The van der Waals surface area contributed by atoms with Crippen molar-refractivity contribution in [2.45, 2.75) is 20.3 Å². The number of H-pyrrole nitrogens is 1. The van der Waals surface area contributed by atoms with Crippen molar-refractivity contribution in [1.29, 1.82) is 0 Å². The quantitative estimate of drug-likeness (QED) is 0.715. The number of fused-ring (bicyclic) bond motifs is 1. The second-order valence-corrected chi connectivity index (χ2v) is 4.40. The van der Waals surface area contributed by atoms with Crippen molar-refractivity contribution in [2.24, 2.45) is 5.41 Å². The lowest BCUT2D eigenvalue weighted by Crippen LogP contribution is -2.16. The predicted octanol–water partition coefficient (Wildman–Crippen LogP) is 2.31. The lowest BCUT2D eigenvalue weighted by molar-refractivity contribution is 0.0697. The number of aromatic carboxylic acids is 1. The first kappa shape index (κ1) is 9.06. The zero-order chi connectivity index (χ0) is 10.3. The fourth-order valence-electron chi connectivity index (χ4n) is 1.81. The summed E-state index contributed by atoms with van der Waals surface area (Å²) in [4.78, 5) is 13.9. The van der Waals surface area contributed by atoms with Gasteiger partial charge >= 0.3 is 5.97 Å². The molecule has 0 aromatic carbocycles. The van der Waals surface area contributed by atoms with Crippen molar-refractivity contribution in [1.82, 2.24) is 4.98 Å². The Morgan fingerprint density at radius 2 is 2.29 bits per heavy atom. The lowest BCUT2D eigenvalue weighted by atomic mass is 9.82. The van der Waals surface area contributed by atoms with Crippen molar-refractivity contribution >= 4 is 12.0 Å². The molecule has 3 nitrogen and oxygen atoms in total. The van der Waals surface area contributed by atoms with E-state index < -0.39 is 5.97 Å². The number of carbonyl (C=O) groups is 1. The molecule has 0 atom stereocenters. The predicted molar refractivity (Wildman–Crippen MR) is 54.3 cm³/mol. The zero-order valence-corrected chi connectivity index (χ0v) is 8.29. The molecule has 0 radical (unpaired) electrons. The molecule has 1 aromatic rings. The monoisotopic (exact) mass is 191 g/mol. The summed E-state index contributed by atoms with van der Waals surface area (Å²) in [5.74, 6) is -0.869. The van der Waals surface area contributed by atoms with Crippen molar-refractivity contribution in [3.63, 3.8) is 0 Å². The van der Waals surface area contributed by atoms with Gasteiger partial charge in [0, 0.05) is 17.5 Å². The van der Waals surface area contributed by atoms with Crippen molar-refractivity contribution in [3.05, 3.63) is 29.1 Å². The molecule has 0 saturated heterocycles. The Kier molecular flexibility index (Phi) is 1.77. The van der Waals surface area contributed by atoms with Gasteiger partial charge in [-0.1, -0.05) is 26.0 Å². The number of allylic oxidation sites excluding steroid dienone is 1. The summed E-state index contributed by atoms with van der Waals surface area (Å²) >= 11 is 0. The highest BCUT2D eigenvalue weighted by Gasteiger charge is 2.24. The van der Waals surface area contributed by atoms with Crippen LogP contribution in [0, 0.1) is 5.41 Å². The smallest absolute Gasteiger partial charge is 0.337 e. The van der Waals surface area contributed by atoms with Crippen LogP contribution < -0.4 is 0 Å². The SMILES string of the molecule is CC1(C)C=Cc2c(C(=O)O)c[nH]c2C1. The Morgan fingerprint density at radius 1 is 1.57 bits per heavy atom. The van der Waals surface area contributed by atoms with Crippen molar-refractivity contribution < 1.29 is 9.90 Å². The van der Waals surface area contributed by atoms with Crippen molar-refractivity contribution in [2.75, 3.05) is 0 Å². The van der Waals surface area contributed by atoms with E-state index in [0.29, 0.717) is 5.56 Å². The Morgan fingerprint density at radius 3 is 2.93 bits per heavy atom. The van der Waals surface area contributed by atoms with E-state index in [0.717, 1.165) is 17.7 Å². The third kappa shape index (κ3) is 1.35. The Balaban J connectivity index is 2.48. The van der Waals surface area contributed by atoms with Gasteiger partial charge < -0.3 is 10.1 Å². The minimum atomic E-state index is -0.869. The number of rotatable bonds is 1. The van der Waals surface area contributed by atoms with Gasteiger partial charge in [-0.25, -0.2) is 4.79 Å². The number of aromatic amines is 1. The molecule has 0 bridgehead atoms. The van der Waals surface area contributed by atoms with Crippen LogP contribution in [0.2, 0.25) is 0 Å². The summed E-state index contributed by atoms with van der Waals surface area (Å²) in [6.07, 6.45) is 6.40. The summed E-state index contributed by atoms with van der Waals surface area (Å²) in [6.45, 7) is 4.27. The van der Waals surface area contributed by atoms with E-state index in [1.54, 1.807) is 6.20 Å². The second kappa shape index (κ2) is 2.74. The first-order valence-electron chi connectivity index (χ1n) is 4.62. The van der Waals surface area contributed by atoms with Crippen LogP contribution in [0.3, 0.4) is 0 Å². The molecular formula is C11H13NO2. The van der Waals surface area contributed by atoms with Gasteiger partial charge in [0.25, 0.3) is 0 Å². The molecular weight excluding hydrogens is 178 g/mol. The average Bonchev–Trinajstić information content (AvgIpc) is 2.44. The van der Waals surface area contributed by atoms with Crippen LogP contribution in [-0.4, -0.2) is 16.1 Å². The zero-order valence-electron chi connectivity index (χ0n) is 8.29. The van der Waals surface area contributed by atoms with Crippen LogP contribution in [0.5, 0.6) is 0 Å². The van der Waals surface area contributed by atoms with Gasteiger partial charge in [0.2, 0.25) is 0 Å². The molecule has 0 fully saturated rings. The first-order chi connectivity index (χ1) is 6.49. The molecule has 0 spiro atoms. The normalized spacial score (nSPS) is 17.9. The van der Waals surface area contributed by atoms with Gasteiger partial charge in [-0.3, -0.25) is 0 Å². The number of hydrogen-bond donors (Lipinski definition) is 2. The molecule has 1 aliphatic rings. The minimum Gasteiger partial charge on any atom is -0.478 e. The van der Waals surface area contributed by atoms with E-state index in [1.807, 2.05) is 6.08 Å². The van der Waals surface area contributed by atoms with Gasteiger partial charge in [0.05, 0.1) is 5.56 Å². The summed E-state index contributed by atoms with van der Waals surface area (Å²) in [5, 5.41) is 8.91. The standard InChI is InChI=1S/C11H13NO2/c1-11(2)4-3-7-8(10(13)14)6-12-9(7)5-11/h3-4,6,12H,5H2,1-2H3,(H,13,14). The molecule has 2 rings (SSSR count). The number of nitrogens with one attached hydrogen (secondary N) is 1. The Hall–Kier alpha value is -1.51. The third-order valence-corrected chi connectivity index (χ3v) is 2.57. The van der Waals surface area contributed by atoms with Gasteiger partial charge in [-0.2, -0.15) is 0 Å². The maximum Gasteiger partial charge on any atom is 0.337 e. The van der Waals surface area contributed by atoms with Crippen molar-refractivity contribution in [3.8, 4) is 0 Å². The number of carboxylic acid groups (broad SMARTS) is 1. The van der Waals surface area contributed by atoms with Gasteiger partial charge in [-0.05, 0) is 11.8 Å². The van der Waals surface area contributed by atoms with E-state index in [1.165, 1.54) is 0 Å². The maximum atomic E-state index is 10.8. The highest BCUT2D eigenvalue weighted by atomic mass is 16.4. The second-order valence-electron chi connectivity index (χ2n) is 4.40. The number of aromatic nitrogens is 1. The van der Waals surface area contributed by atoms with E-state index in [-0.39, 0.29) is 5.41 Å². The largest absolute Gasteiger partial charge is 0.478 e. The molecule has 0 saturated carbocycles. The summed E-state index contributed by atoms with van der Waals surface area (Å²) < 4.78 is 0. The third-order valence-electron chi connectivity index (χ3n) is 2.57. The van der Waals surface area contributed by atoms with Crippen LogP contribution in [0.25, 0.3) is 6.08 Å². The van der Waals surface area contributed by atoms with E-state index in [4.69, 9.17) is 5.11 Å². The Bertz CT molecular complexity index is 413. The van der Waals surface area contributed by atoms with Crippen LogP contribution in [0.4, 0.5) is 0 Å². The summed E-state index contributed by atoms with van der Waals surface area (Å²) in [7, 11) is 0. The first-order valence-corrected chi connectivity index (χ1v) is 4.62. The highest BCUT2D eigenvalue weighted by Crippen LogP contribution is 2.32. The summed E-state index contributed by atoms with van der Waals surface area (Å²) in [5.41, 5.74) is 2.34. The van der Waals surface area contributed by atoms with Gasteiger partial charge in [0.15, 0.2) is 0 Å². The molecule has 0 aliphatic heterocycles. The molecule has 14 heavy (non-hydrogen) atoms. The van der Waals surface area contributed by atoms with Crippen LogP contribution >= 0.6 is 0 Å². The minimum absolute atomic E-state index is 0.119.